The average molecular weight is 200 g/mol. The summed E-state index contributed by atoms with van der Waals surface area (Å²) in [6, 6.07) is 5.10. The van der Waals surface area contributed by atoms with Crippen molar-refractivity contribution in [3.05, 3.63) is 29.6 Å². The second-order valence-electron chi connectivity index (χ2n) is 2.51. The molecule has 4 nitrogen and oxygen atoms in total. The van der Waals surface area contributed by atoms with Crippen LogP contribution in [-0.4, -0.2) is 17.6 Å². The molecule has 1 heterocycles. The Morgan fingerprint density at radius 1 is 1.60 bits per heavy atom. The van der Waals surface area contributed by atoms with Gasteiger partial charge in [-0.1, -0.05) is 0 Å². The summed E-state index contributed by atoms with van der Waals surface area (Å²) in [6.45, 7) is 2.01. The van der Waals surface area contributed by atoms with Gasteiger partial charge >= 0.3 is 5.97 Å². The molecule has 0 aromatic carbocycles. The summed E-state index contributed by atoms with van der Waals surface area (Å²) in [4.78, 5) is 14.7. The Hall–Kier alpha value is -2.33. The fourth-order valence-electron chi connectivity index (χ4n) is 0.816. The molecular formula is C11H8N2O2. The normalized spacial score (nSPS) is 8.27. The van der Waals surface area contributed by atoms with Gasteiger partial charge in [-0.2, -0.15) is 5.26 Å². The number of pyridine rings is 1. The first-order valence-corrected chi connectivity index (χ1v) is 4.31. The zero-order chi connectivity index (χ0) is 11.1. The zero-order valence-electron chi connectivity index (χ0n) is 8.15. The van der Waals surface area contributed by atoms with E-state index in [1.165, 1.54) is 6.20 Å². The fraction of sp³-hybridized carbons (Fsp3) is 0.182. The summed E-state index contributed by atoms with van der Waals surface area (Å²) in [5.41, 5.74) is 0.888. The van der Waals surface area contributed by atoms with Crippen LogP contribution in [0.2, 0.25) is 0 Å². The lowest BCUT2D eigenvalue weighted by molar-refractivity contribution is -0.136. The number of nitriles is 1. The van der Waals surface area contributed by atoms with Crippen LogP contribution in [0.15, 0.2) is 18.3 Å². The van der Waals surface area contributed by atoms with Gasteiger partial charge in [0.25, 0.3) is 0 Å². The van der Waals surface area contributed by atoms with Crippen LogP contribution in [0.4, 0.5) is 0 Å². The van der Waals surface area contributed by atoms with E-state index in [4.69, 9.17) is 5.26 Å². The van der Waals surface area contributed by atoms with E-state index in [0.717, 1.165) is 0 Å². The third-order valence-electron chi connectivity index (χ3n) is 1.46. The van der Waals surface area contributed by atoms with Crippen molar-refractivity contribution in [1.82, 2.24) is 4.98 Å². The number of aromatic nitrogens is 1. The van der Waals surface area contributed by atoms with Gasteiger partial charge in [0.15, 0.2) is 0 Å². The van der Waals surface area contributed by atoms with Gasteiger partial charge in [0.05, 0.1) is 12.2 Å². The van der Waals surface area contributed by atoms with Crippen molar-refractivity contribution in [1.29, 1.82) is 5.26 Å². The van der Waals surface area contributed by atoms with E-state index in [1.807, 2.05) is 6.07 Å². The van der Waals surface area contributed by atoms with Crippen LogP contribution in [0.1, 0.15) is 18.2 Å². The Kier molecular flexibility index (Phi) is 3.88. The third-order valence-corrected chi connectivity index (χ3v) is 1.46. The van der Waals surface area contributed by atoms with Gasteiger partial charge in [-0.15, -0.1) is 0 Å². The van der Waals surface area contributed by atoms with Crippen molar-refractivity contribution in [2.24, 2.45) is 0 Å². The molecule has 0 N–H and O–H groups in total. The maximum Gasteiger partial charge on any atom is 0.384 e. The molecule has 0 aliphatic carbocycles. The predicted octanol–water partition coefficient (Wildman–Crippen LogP) is 0.868. The minimum Gasteiger partial charge on any atom is -0.456 e. The molecular weight excluding hydrogens is 192 g/mol. The average Bonchev–Trinajstić information content (AvgIpc) is 2.27. The van der Waals surface area contributed by atoms with E-state index in [-0.39, 0.29) is 0 Å². The molecule has 0 amide bonds. The van der Waals surface area contributed by atoms with Crippen LogP contribution in [0.3, 0.4) is 0 Å². The molecule has 0 aliphatic rings. The van der Waals surface area contributed by atoms with Crippen molar-refractivity contribution in [3.63, 3.8) is 0 Å². The minimum absolute atomic E-state index is 0.300. The number of rotatable bonds is 1. The Bertz CT molecular complexity index is 446. The molecule has 15 heavy (non-hydrogen) atoms. The van der Waals surface area contributed by atoms with Gasteiger partial charge < -0.3 is 4.74 Å². The second-order valence-corrected chi connectivity index (χ2v) is 2.51. The van der Waals surface area contributed by atoms with Crippen LogP contribution in [0.5, 0.6) is 0 Å². The molecule has 74 valence electrons. The largest absolute Gasteiger partial charge is 0.456 e. The topological polar surface area (TPSA) is 63.0 Å². The number of ether oxygens (including phenoxy) is 1. The van der Waals surface area contributed by atoms with Gasteiger partial charge in [0.2, 0.25) is 0 Å². The maximum atomic E-state index is 10.9. The van der Waals surface area contributed by atoms with Crippen molar-refractivity contribution in [3.8, 4) is 17.9 Å². The number of carbonyl (C=O) groups is 1. The maximum absolute atomic E-state index is 10.9. The first-order chi connectivity index (χ1) is 7.26. The lowest BCUT2D eigenvalue weighted by Crippen LogP contribution is -1.99. The molecule has 0 spiro atoms. The highest BCUT2D eigenvalue weighted by atomic mass is 16.5. The van der Waals surface area contributed by atoms with Crippen LogP contribution in [0, 0.1) is 23.2 Å². The van der Waals surface area contributed by atoms with Crippen LogP contribution >= 0.6 is 0 Å². The monoisotopic (exact) mass is 200 g/mol. The summed E-state index contributed by atoms with van der Waals surface area (Å²) in [5, 5.41) is 8.52. The number of esters is 1. The van der Waals surface area contributed by atoms with Crippen LogP contribution < -0.4 is 0 Å². The van der Waals surface area contributed by atoms with E-state index in [2.05, 4.69) is 21.6 Å². The summed E-state index contributed by atoms with van der Waals surface area (Å²) in [7, 11) is 0. The molecule has 0 aliphatic heterocycles. The molecule has 0 saturated carbocycles. The van der Waals surface area contributed by atoms with Crippen LogP contribution in [-0.2, 0) is 9.53 Å². The van der Waals surface area contributed by atoms with Crippen LogP contribution in [0.25, 0.3) is 0 Å². The van der Waals surface area contributed by atoms with Crippen molar-refractivity contribution >= 4 is 5.97 Å². The summed E-state index contributed by atoms with van der Waals surface area (Å²) in [6.07, 6.45) is 1.40. The SMILES string of the molecule is CCOC(=O)C#Cc1ccc(C#N)cn1. The molecule has 0 atom stereocenters. The van der Waals surface area contributed by atoms with E-state index >= 15 is 0 Å². The third kappa shape index (κ3) is 3.50. The molecule has 0 unspecified atom stereocenters. The van der Waals surface area contributed by atoms with E-state index < -0.39 is 5.97 Å². The highest BCUT2D eigenvalue weighted by Gasteiger charge is 1.94. The Labute approximate surface area is 87.5 Å². The van der Waals surface area contributed by atoms with Gasteiger partial charge in [0, 0.05) is 12.1 Å². The Morgan fingerprint density at radius 2 is 2.40 bits per heavy atom. The molecule has 0 radical (unpaired) electrons. The number of hydrogen-bond donors (Lipinski definition) is 0. The summed E-state index contributed by atoms with van der Waals surface area (Å²) >= 11 is 0. The van der Waals surface area contributed by atoms with Gasteiger partial charge in [-0.25, -0.2) is 9.78 Å². The molecule has 4 heteroatoms. The number of carbonyl (C=O) groups excluding carboxylic acids is 1. The lowest BCUT2D eigenvalue weighted by Gasteiger charge is -1.91. The van der Waals surface area contributed by atoms with Gasteiger partial charge in [-0.05, 0) is 25.0 Å². The Morgan fingerprint density at radius 3 is 2.93 bits per heavy atom. The minimum atomic E-state index is -0.580. The molecule has 1 rings (SSSR count). The first-order valence-electron chi connectivity index (χ1n) is 4.31. The summed E-state index contributed by atoms with van der Waals surface area (Å²) < 4.78 is 4.62. The molecule has 1 aromatic rings. The summed E-state index contributed by atoms with van der Waals surface area (Å²) in [5.74, 6) is 4.24. The molecule has 0 bridgehead atoms. The van der Waals surface area contributed by atoms with E-state index in [9.17, 15) is 4.79 Å². The fourth-order valence-corrected chi connectivity index (χ4v) is 0.816. The molecule has 1 aromatic heterocycles. The van der Waals surface area contributed by atoms with Gasteiger partial charge in [0.1, 0.15) is 11.8 Å². The van der Waals surface area contributed by atoms with Crippen molar-refractivity contribution in [2.45, 2.75) is 6.92 Å². The first kappa shape index (κ1) is 10.7. The van der Waals surface area contributed by atoms with Crippen molar-refractivity contribution in [2.75, 3.05) is 6.61 Å². The highest BCUT2D eigenvalue weighted by molar-refractivity contribution is 5.88. The highest BCUT2D eigenvalue weighted by Crippen LogP contribution is 1.96. The Balaban J connectivity index is 2.73. The van der Waals surface area contributed by atoms with E-state index in [0.29, 0.717) is 17.9 Å². The van der Waals surface area contributed by atoms with E-state index in [1.54, 1.807) is 19.1 Å². The zero-order valence-corrected chi connectivity index (χ0v) is 8.15. The predicted molar refractivity (Wildman–Crippen MR) is 52.5 cm³/mol. The quantitative estimate of drug-likeness (QED) is 0.498. The number of hydrogen-bond acceptors (Lipinski definition) is 4. The molecule has 0 saturated heterocycles. The smallest absolute Gasteiger partial charge is 0.384 e. The second kappa shape index (κ2) is 5.41. The van der Waals surface area contributed by atoms with Gasteiger partial charge in [-0.3, -0.25) is 0 Å². The number of nitrogens with zero attached hydrogens (tertiary/aromatic N) is 2. The molecule has 0 fully saturated rings. The van der Waals surface area contributed by atoms with Crippen molar-refractivity contribution < 1.29 is 9.53 Å². The standard InChI is InChI=1S/C11H8N2O2/c1-2-15-11(14)6-5-10-4-3-9(7-12)8-13-10/h3-4,8H,2H2,1H3. The lowest BCUT2D eigenvalue weighted by atomic mass is 10.3.